The number of aryl methyl sites for hydroxylation is 1. The summed E-state index contributed by atoms with van der Waals surface area (Å²) in [6.07, 6.45) is 0.184. The number of morpholine rings is 1. The van der Waals surface area contributed by atoms with Gasteiger partial charge in [-0.3, -0.25) is 4.90 Å². The van der Waals surface area contributed by atoms with Crippen molar-refractivity contribution >= 4 is 17.0 Å². The van der Waals surface area contributed by atoms with Crippen LogP contribution in [0.4, 0.5) is 5.95 Å². The van der Waals surface area contributed by atoms with Gasteiger partial charge in [0.2, 0.25) is 5.95 Å². The zero-order chi connectivity index (χ0) is 14.1. The van der Waals surface area contributed by atoms with Crippen molar-refractivity contribution in [2.45, 2.75) is 26.5 Å². The van der Waals surface area contributed by atoms with Gasteiger partial charge < -0.3 is 15.0 Å². The predicted octanol–water partition coefficient (Wildman–Crippen LogP) is 1.65. The number of nitrogens with zero attached hydrogens (tertiary/aromatic N) is 3. The number of anilines is 1. The fourth-order valence-corrected chi connectivity index (χ4v) is 2.88. The summed E-state index contributed by atoms with van der Waals surface area (Å²) in [6.45, 7) is 8.86. The van der Waals surface area contributed by atoms with E-state index in [-0.39, 0.29) is 6.10 Å². The second-order valence-corrected chi connectivity index (χ2v) is 5.41. The number of benzene rings is 1. The molecule has 2 heterocycles. The molecule has 1 saturated heterocycles. The minimum atomic E-state index is 0.184. The maximum atomic E-state index is 6.09. The van der Waals surface area contributed by atoms with Crippen LogP contribution in [-0.4, -0.2) is 46.8 Å². The number of nitrogen functional groups attached to an aromatic ring is 1. The molecule has 1 aliphatic rings. The van der Waals surface area contributed by atoms with Crippen LogP contribution in [0.25, 0.3) is 11.0 Å². The van der Waals surface area contributed by atoms with Gasteiger partial charge in [0.1, 0.15) is 0 Å². The van der Waals surface area contributed by atoms with Crippen molar-refractivity contribution in [1.29, 1.82) is 0 Å². The van der Waals surface area contributed by atoms with Crippen molar-refractivity contribution in [3.63, 3.8) is 0 Å². The summed E-state index contributed by atoms with van der Waals surface area (Å²) in [5.74, 6) is 0.575. The lowest BCUT2D eigenvalue weighted by atomic mass is 10.2. The Morgan fingerprint density at radius 3 is 3.10 bits per heavy atom. The van der Waals surface area contributed by atoms with Crippen LogP contribution >= 0.6 is 0 Å². The van der Waals surface area contributed by atoms with E-state index in [1.54, 1.807) is 0 Å². The molecule has 0 bridgehead atoms. The number of hydrogen-bond donors (Lipinski definition) is 1. The largest absolute Gasteiger partial charge is 0.374 e. The third-order valence-electron chi connectivity index (χ3n) is 4.07. The van der Waals surface area contributed by atoms with Crippen LogP contribution in [0.15, 0.2) is 18.2 Å². The Bertz CT molecular complexity index is 607. The molecule has 1 unspecified atom stereocenters. The van der Waals surface area contributed by atoms with Crippen LogP contribution in [0.1, 0.15) is 12.5 Å². The van der Waals surface area contributed by atoms with E-state index in [1.807, 2.05) is 0 Å². The van der Waals surface area contributed by atoms with E-state index in [0.717, 1.165) is 49.4 Å². The molecule has 0 amide bonds. The smallest absolute Gasteiger partial charge is 0.201 e. The molecule has 108 valence electrons. The molecule has 1 atom stereocenters. The van der Waals surface area contributed by atoms with Gasteiger partial charge in [0.25, 0.3) is 0 Å². The molecule has 0 spiro atoms. The Morgan fingerprint density at radius 1 is 1.45 bits per heavy atom. The second-order valence-electron chi connectivity index (χ2n) is 5.41. The Balaban J connectivity index is 1.87. The zero-order valence-corrected chi connectivity index (χ0v) is 12.2. The minimum Gasteiger partial charge on any atom is -0.374 e. The van der Waals surface area contributed by atoms with Crippen LogP contribution in [0, 0.1) is 6.92 Å². The van der Waals surface area contributed by atoms with E-state index in [4.69, 9.17) is 10.5 Å². The van der Waals surface area contributed by atoms with Crippen molar-refractivity contribution < 1.29 is 4.74 Å². The first kappa shape index (κ1) is 13.4. The number of para-hydroxylation sites is 1. The number of ether oxygens (including phenoxy) is 1. The highest BCUT2D eigenvalue weighted by Gasteiger charge is 2.21. The van der Waals surface area contributed by atoms with Gasteiger partial charge in [0, 0.05) is 13.1 Å². The summed E-state index contributed by atoms with van der Waals surface area (Å²) in [5.41, 5.74) is 9.34. The van der Waals surface area contributed by atoms with Gasteiger partial charge in [-0.15, -0.1) is 0 Å². The lowest BCUT2D eigenvalue weighted by molar-refractivity contribution is -0.0335. The van der Waals surface area contributed by atoms with Gasteiger partial charge >= 0.3 is 0 Å². The maximum absolute atomic E-state index is 6.09. The first-order chi connectivity index (χ1) is 9.69. The van der Waals surface area contributed by atoms with E-state index < -0.39 is 0 Å². The monoisotopic (exact) mass is 274 g/mol. The molecule has 0 aliphatic carbocycles. The highest BCUT2D eigenvalue weighted by molar-refractivity contribution is 5.81. The van der Waals surface area contributed by atoms with Crippen LogP contribution in [-0.2, 0) is 11.3 Å². The van der Waals surface area contributed by atoms with E-state index in [1.165, 1.54) is 0 Å². The fourth-order valence-electron chi connectivity index (χ4n) is 2.88. The van der Waals surface area contributed by atoms with Crippen molar-refractivity contribution in [3.05, 3.63) is 23.8 Å². The summed E-state index contributed by atoms with van der Waals surface area (Å²) in [4.78, 5) is 6.90. The SMILES string of the molecule is CCN1CCOC(Cn2c(N)nc3c(C)cccc32)C1. The lowest BCUT2D eigenvalue weighted by Crippen LogP contribution is -2.44. The number of nitrogens with two attached hydrogens (primary N) is 1. The van der Waals surface area contributed by atoms with Crippen LogP contribution in [0.3, 0.4) is 0 Å². The fraction of sp³-hybridized carbons (Fsp3) is 0.533. The summed E-state index contributed by atoms with van der Waals surface area (Å²) in [7, 11) is 0. The zero-order valence-electron chi connectivity index (χ0n) is 12.2. The van der Waals surface area contributed by atoms with Gasteiger partial charge in [0.05, 0.1) is 30.3 Å². The summed E-state index contributed by atoms with van der Waals surface area (Å²) in [5, 5.41) is 0. The molecule has 1 aromatic heterocycles. The Kier molecular flexibility index (Phi) is 3.63. The average molecular weight is 274 g/mol. The summed E-state index contributed by atoms with van der Waals surface area (Å²) < 4.78 is 7.95. The predicted molar refractivity (Wildman–Crippen MR) is 80.7 cm³/mol. The Labute approximate surface area is 119 Å². The topological polar surface area (TPSA) is 56.3 Å². The third kappa shape index (κ3) is 2.39. The molecule has 1 aliphatic heterocycles. The number of fused-ring (bicyclic) bond motifs is 1. The molecule has 20 heavy (non-hydrogen) atoms. The highest BCUT2D eigenvalue weighted by atomic mass is 16.5. The van der Waals surface area contributed by atoms with Crippen molar-refractivity contribution in [2.24, 2.45) is 0 Å². The highest BCUT2D eigenvalue weighted by Crippen LogP contribution is 2.22. The molecule has 0 radical (unpaired) electrons. The molecular weight excluding hydrogens is 252 g/mol. The van der Waals surface area contributed by atoms with E-state index in [2.05, 4.69) is 46.5 Å². The number of aromatic nitrogens is 2. The average Bonchev–Trinajstić information content (AvgIpc) is 2.78. The molecule has 3 rings (SSSR count). The number of likely N-dealkylation sites (N-methyl/N-ethyl adjacent to an activating group) is 1. The molecular formula is C15H22N4O. The van der Waals surface area contributed by atoms with Crippen molar-refractivity contribution in [2.75, 3.05) is 32.0 Å². The molecule has 2 aromatic rings. The van der Waals surface area contributed by atoms with Gasteiger partial charge in [-0.1, -0.05) is 19.1 Å². The quantitative estimate of drug-likeness (QED) is 0.924. The molecule has 1 aromatic carbocycles. The first-order valence-electron chi connectivity index (χ1n) is 7.24. The second kappa shape index (κ2) is 5.42. The van der Waals surface area contributed by atoms with Crippen LogP contribution in [0.2, 0.25) is 0 Å². The lowest BCUT2D eigenvalue weighted by Gasteiger charge is -2.32. The first-order valence-corrected chi connectivity index (χ1v) is 7.24. The Hall–Kier alpha value is -1.59. The maximum Gasteiger partial charge on any atom is 0.201 e. The molecule has 1 fully saturated rings. The summed E-state index contributed by atoms with van der Waals surface area (Å²) in [6, 6.07) is 6.19. The standard InChI is InChI=1S/C15H22N4O/c1-3-18-7-8-20-12(9-18)10-19-13-6-4-5-11(2)14(13)17-15(19)16/h4-6,12H,3,7-10H2,1-2H3,(H2,16,17). The van der Waals surface area contributed by atoms with Gasteiger partial charge in [0.15, 0.2) is 0 Å². The molecule has 0 saturated carbocycles. The Morgan fingerprint density at radius 2 is 2.30 bits per heavy atom. The summed E-state index contributed by atoms with van der Waals surface area (Å²) >= 11 is 0. The minimum absolute atomic E-state index is 0.184. The van der Waals surface area contributed by atoms with Gasteiger partial charge in [-0.2, -0.15) is 0 Å². The number of imidazole rings is 1. The van der Waals surface area contributed by atoms with E-state index in [0.29, 0.717) is 5.95 Å². The van der Waals surface area contributed by atoms with Crippen molar-refractivity contribution in [1.82, 2.24) is 14.5 Å². The van der Waals surface area contributed by atoms with Crippen molar-refractivity contribution in [3.8, 4) is 0 Å². The van der Waals surface area contributed by atoms with Crippen LogP contribution in [0.5, 0.6) is 0 Å². The number of rotatable bonds is 3. The van der Waals surface area contributed by atoms with E-state index >= 15 is 0 Å². The van der Waals surface area contributed by atoms with Gasteiger partial charge in [-0.05, 0) is 25.1 Å². The number of hydrogen-bond acceptors (Lipinski definition) is 4. The third-order valence-corrected chi connectivity index (χ3v) is 4.07. The van der Waals surface area contributed by atoms with Crippen LogP contribution < -0.4 is 5.73 Å². The van der Waals surface area contributed by atoms with Gasteiger partial charge in [-0.25, -0.2) is 4.98 Å². The van der Waals surface area contributed by atoms with E-state index in [9.17, 15) is 0 Å². The normalized spacial score (nSPS) is 20.6. The molecule has 5 heteroatoms. The molecule has 5 nitrogen and oxygen atoms in total. The molecule has 2 N–H and O–H groups in total.